The van der Waals surface area contributed by atoms with Gasteiger partial charge in [-0.2, -0.15) is 0 Å². The van der Waals surface area contributed by atoms with E-state index in [1.807, 2.05) is 12.1 Å². The molecular weight excluding hydrogens is 271 g/mol. The first-order valence-electron chi connectivity index (χ1n) is 7.61. The maximum atomic E-state index is 12.9. The number of carboxylic acid groups (broad SMARTS) is 1. The highest BCUT2D eigenvalue weighted by Gasteiger charge is 2.34. The Kier molecular flexibility index (Phi) is 4.10. The Morgan fingerprint density at radius 1 is 1.10 bits per heavy atom. The summed E-state index contributed by atoms with van der Waals surface area (Å²) in [5.74, 6) is -1.02. The molecule has 1 aromatic rings. The molecule has 0 bridgehead atoms. The molecule has 2 fully saturated rings. The van der Waals surface area contributed by atoms with Gasteiger partial charge in [-0.05, 0) is 43.5 Å². The third kappa shape index (κ3) is 3.18. The molecule has 1 aromatic carbocycles. The summed E-state index contributed by atoms with van der Waals surface area (Å²) in [6.07, 6.45) is 2.58. The van der Waals surface area contributed by atoms with Gasteiger partial charge in [0.2, 0.25) is 0 Å². The van der Waals surface area contributed by atoms with E-state index in [9.17, 15) is 9.18 Å². The molecular formula is C16H21FN2O2. The van der Waals surface area contributed by atoms with E-state index in [4.69, 9.17) is 5.11 Å². The molecule has 1 aliphatic heterocycles. The average Bonchev–Trinajstić information content (AvgIpc) is 2.98. The number of rotatable bonds is 3. The van der Waals surface area contributed by atoms with Crippen molar-refractivity contribution in [3.8, 4) is 0 Å². The number of benzene rings is 1. The van der Waals surface area contributed by atoms with Crippen LogP contribution in [0.1, 0.15) is 19.3 Å². The standard InChI is InChI=1S/C16H21FN2O2/c17-13-2-5-14(6-3-13)18-7-9-19(10-8-18)15-4-1-12(11-15)16(20)21/h2-3,5-6,12,15H,1,4,7-11H2,(H,20,21). The predicted molar refractivity (Wildman–Crippen MR) is 79.0 cm³/mol. The normalized spacial score (nSPS) is 27.0. The molecule has 1 saturated heterocycles. The van der Waals surface area contributed by atoms with Gasteiger partial charge in [0, 0.05) is 37.9 Å². The third-order valence-corrected chi connectivity index (χ3v) is 4.78. The van der Waals surface area contributed by atoms with E-state index >= 15 is 0 Å². The van der Waals surface area contributed by atoms with Crippen molar-refractivity contribution in [2.45, 2.75) is 25.3 Å². The van der Waals surface area contributed by atoms with Crippen molar-refractivity contribution < 1.29 is 14.3 Å². The highest BCUT2D eigenvalue weighted by molar-refractivity contribution is 5.70. The summed E-state index contributed by atoms with van der Waals surface area (Å²) >= 11 is 0. The zero-order chi connectivity index (χ0) is 14.8. The van der Waals surface area contributed by atoms with Gasteiger partial charge < -0.3 is 10.0 Å². The molecule has 5 heteroatoms. The second-order valence-corrected chi connectivity index (χ2v) is 6.00. The molecule has 1 heterocycles. The second-order valence-electron chi connectivity index (χ2n) is 6.00. The number of anilines is 1. The van der Waals surface area contributed by atoms with E-state index in [2.05, 4.69) is 9.80 Å². The van der Waals surface area contributed by atoms with Gasteiger partial charge in [-0.25, -0.2) is 4.39 Å². The van der Waals surface area contributed by atoms with E-state index < -0.39 is 5.97 Å². The molecule has 1 aliphatic carbocycles. The van der Waals surface area contributed by atoms with Crippen LogP contribution in [0.3, 0.4) is 0 Å². The summed E-state index contributed by atoms with van der Waals surface area (Å²) < 4.78 is 12.9. The molecule has 1 N–H and O–H groups in total. The van der Waals surface area contributed by atoms with Crippen LogP contribution in [0.5, 0.6) is 0 Å². The number of aliphatic carboxylic acids is 1. The molecule has 0 spiro atoms. The zero-order valence-corrected chi connectivity index (χ0v) is 12.0. The van der Waals surface area contributed by atoms with Crippen LogP contribution < -0.4 is 4.90 Å². The number of halogens is 1. The van der Waals surface area contributed by atoms with E-state index in [1.54, 1.807) is 0 Å². The maximum absolute atomic E-state index is 12.9. The van der Waals surface area contributed by atoms with Crippen LogP contribution in [0.15, 0.2) is 24.3 Å². The third-order valence-electron chi connectivity index (χ3n) is 4.78. The van der Waals surface area contributed by atoms with Crippen LogP contribution in [0.25, 0.3) is 0 Å². The Bertz CT molecular complexity index is 498. The SMILES string of the molecule is O=C(O)C1CCC(N2CCN(c3ccc(F)cc3)CC2)C1. The van der Waals surface area contributed by atoms with Gasteiger partial charge >= 0.3 is 5.97 Å². The Hall–Kier alpha value is -1.62. The first-order chi connectivity index (χ1) is 10.1. The van der Waals surface area contributed by atoms with Gasteiger partial charge in [0.1, 0.15) is 5.82 Å². The second kappa shape index (κ2) is 6.02. The number of piperazine rings is 1. The van der Waals surface area contributed by atoms with E-state index in [1.165, 1.54) is 12.1 Å². The van der Waals surface area contributed by atoms with Crippen molar-refractivity contribution in [2.75, 3.05) is 31.1 Å². The highest BCUT2D eigenvalue weighted by atomic mass is 19.1. The average molecular weight is 292 g/mol. The minimum atomic E-state index is -0.651. The quantitative estimate of drug-likeness (QED) is 0.927. The molecule has 2 unspecified atom stereocenters. The summed E-state index contributed by atoms with van der Waals surface area (Å²) in [4.78, 5) is 15.7. The summed E-state index contributed by atoms with van der Waals surface area (Å²) in [6, 6.07) is 7.05. The number of hydrogen-bond acceptors (Lipinski definition) is 3. The number of carbonyl (C=O) groups is 1. The summed E-state index contributed by atoms with van der Waals surface area (Å²) in [5.41, 5.74) is 1.06. The first-order valence-corrected chi connectivity index (χ1v) is 7.61. The Balaban J connectivity index is 1.53. The van der Waals surface area contributed by atoms with Gasteiger partial charge in [-0.1, -0.05) is 0 Å². The van der Waals surface area contributed by atoms with Crippen molar-refractivity contribution in [3.05, 3.63) is 30.1 Å². The summed E-state index contributed by atoms with van der Waals surface area (Å²) in [6.45, 7) is 3.74. The molecule has 2 aliphatic rings. The Morgan fingerprint density at radius 3 is 2.33 bits per heavy atom. The fourth-order valence-corrected chi connectivity index (χ4v) is 3.51. The van der Waals surface area contributed by atoms with Crippen molar-refractivity contribution in [2.24, 2.45) is 5.92 Å². The molecule has 2 atom stereocenters. The van der Waals surface area contributed by atoms with Crippen molar-refractivity contribution in [1.29, 1.82) is 0 Å². The topological polar surface area (TPSA) is 43.8 Å². The van der Waals surface area contributed by atoms with Gasteiger partial charge in [0.25, 0.3) is 0 Å². The van der Waals surface area contributed by atoms with Crippen LogP contribution in [0, 0.1) is 11.7 Å². The number of carboxylic acids is 1. The summed E-state index contributed by atoms with van der Waals surface area (Å²) in [5, 5.41) is 9.09. The highest BCUT2D eigenvalue weighted by Crippen LogP contribution is 2.30. The Morgan fingerprint density at radius 2 is 1.76 bits per heavy atom. The van der Waals surface area contributed by atoms with Crippen molar-refractivity contribution in [3.63, 3.8) is 0 Å². The molecule has 21 heavy (non-hydrogen) atoms. The number of hydrogen-bond donors (Lipinski definition) is 1. The molecule has 4 nitrogen and oxygen atoms in total. The van der Waals surface area contributed by atoms with Crippen LogP contribution in [0.2, 0.25) is 0 Å². The number of nitrogens with zero attached hydrogens (tertiary/aromatic N) is 2. The van der Waals surface area contributed by atoms with E-state index in [-0.39, 0.29) is 11.7 Å². The lowest BCUT2D eigenvalue weighted by atomic mass is 10.1. The minimum Gasteiger partial charge on any atom is -0.481 e. The van der Waals surface area contributed by atoms with Gasteiger partial charge in [0.15, 0.2) is 0 Å². The Labute approximate surface area is 124 Å². The van der Waals surface area contributed by atoms with E-state index in [0.29, 0.717) is 6.04 Å². The van der Waals surface area contributed by atoms with E-state index in [0.717, 1.165) is 51.1 Å². The fourth-order valence-electron chi connectivity index (χ4n) is 3.51. The lowest BCUT2D eigenvalue weighted by molar-refractivity contribution is -0.141. The predicted octanol–water partition coefficient (Wildman–Crippen LogP) is 2.20. The van der Waals surface area contributed by atoms with Gasteiger partial charge in [0.05, 0.1) is 5.92 Å². The molecule has 114 valence electrons. The van der Waals surface area contributed by atoms with Crippen LogP contribution >= 0.6 is 0 Å². The molecule has 0 radical (unpaired) electrons. The lowest BCUT2D eigenvalue weighted by Crippen LogP contribution is -2.49. The maximum Gasteiger partial charge on any atom is 0.306 e. The fraction of sp³-hybridized carbons (Fsp3) is 0.562. The molecule has 3 rings (SSSR count). The van der Waals surface area contributed by atoms with Gasteiger partial charge in [-0.15, -0.1) is 0 Å². The monoisotopic (exact) mass is 292 g/mol. The largest absolute Gasteiger partial charge is 0.481 e. The smallest absolute Gasteiger partial charge is 0.306 e. The van der Waals surface area contributed by atoms with Gasteiger partial charge in [-0.3, -0.25) is 9.69 Å². The van der Waals surface area contributed by atoms with Crippen LogP contribution in [-0.4, -0.2) is 48.2 Å². The van der Waals surface area contributed by atoms with Crippen molar-refractivity contribution >= 4 is 11.7 Å². The lowest BCUT2D eigenvalue weighted by Gasteiger charge is -2.39. The minimum absolute atomic E-state index is 0.162. The molecule has 1 saturated carbocycles. The molecule has 0 aromatic heterocycles. The summed E-state index contributed by atoms with van der Waals surface area (Å²) in [7, 11) is 0. The van der Waals surface area contributed by atoms with Crippen LogP contribution in [0.4, 0.5) is 10.1 Å². The van der Waals surface area contributed by atoms with Crippen LogP contribution in [-0.2, 0) is 4.79 Å². The zero-order valence-electron chi connectivity index (χ0n) is 12.0. The molecule has 0 amide bonds. The first kappa shape index (κ1) is 14.3. The van der Waals surface area contributed by atoms with Crippen molar-refractivity contribution in [1.82, 2.24) is 4.90 Å².